The molecule has 0 amide bonds. The van der Waals surface area contributed by atoms with Gasteiger partial charge in [0.25, 0.3) is 0 Å². The first-order chi connectivity index (χ1) is 11.8. The van der Waals surface area contributed by atoms with Gasteiger partial charge in [-0.05, 0) is 25.7 Å². The summed E-state index contributed by atoms with van der Waals surface area (Å²) in [7, 11) is 2.13. The van der Waals surface area contributed by atoms with Crippen molar-refractivity contribution in [1.82, 2.24) is 9.97 Å². The second-order valence-corrected chi connectivity index (χ2v) is 6.60. The maximum absolute atomic E-state index is 4.88. The minimum atomic E-state index is 0.884. The maximum Gasteiger partial charge on any atom is 0.227 e. The Morgan fingerprint density at radius 3 is 2.50 bits per heavy atom. The van der Waals surface area contributed by atoms with E-state index in [0.29, 0.717) is 0 Å². The Labute approximate surface area is 145 Å². The lowest BCUT2D eigenvalue weighted by molar-refractivity contribution is 0.568. The predicted octanol–water partition coefficient (Wildman–Crippen LogP) is 4.37. The molecule has 1 aliphatic rings. The van der Waals surface area contributed by atoms with Crippen molar-refractivity contribution in [2.45, 2.75) is 39.0 Å². The largest absolute Gasteiger partial charge is 0.359 e. The molecule has 1 aliphatic heterocycles. The Morgan fingerprint density at radius 1 is 1.04 bits per heavy atom. The predicted molar refractivity (Wildman–Crippen MR) is 102 cm³/mol. The van der Waals surface area contributed by atoms with Crippen molar-refractivity contribution in [2.75, 3.05) is 36.5 Å². The Kier molecular flexibility index (Phi) is 5.68. The number of unbranched alkanes of at least 4 members (excludes halogenated alkanes) is 1. The van der Waals surface area contributed by atoms with Crippen LogP contribution in [0.4, 0.5) is 11.8 Å². The molecule has 2 aromatic rings. The topological polar surface area (TPSA) is 32.3 Å². The molecule has 1 aromatic carbocycles. The van der Waals surface area contributed by atoms with Gasteiger partial charge in [-0.3, -0.25) is 0 Å². The lowest BCUT2D eigenvalue weighted by atomic mass is 10.1. The molecule has 0 radical (unpaired) electrons. The second kappa shape index (κ2) is 8.13. The van der Waals surface area contributed by atoms with Crippen LogP contribution in [0.3, 0.4) is 0 Å². The van der Waals surface area contributed by atoms with Crippen molar-refractivity contribution < 1.29 is 0 Å². The number of nitrogens with zero attached hydrogens (tertiary/aromatic N) is 4. The molecule has 0 spiro atoms. The molecule has 0 atom stereocenters. The summed E-state index contributed by atoms with van der Waals surface area (Å²) in [5.74, 6) is 1.91. The van der Waals surface area contributed by atoms with Crippen LogP contribution in [0.1, 0.15) is 39.0 Å². The molecule has 128 valence electrons. The van der Waals surface area contributed by atoms with Crippen LogP contribution >= 0.6 is 0 Å². The van der Waals surface area contributed by atoms with E-state index in [0.717, 1.165) is 42.7 Å². The molecule has 1 fully saturated rings. The number of hydrogen-bond donors (Lipinski definition) is 0. The van der Waals surface area contributed by atoms with Crippen molar-refractivity contribution in [3.63, 3.8) is 0 Å². The van der Waals surface area contributed by atoms with E-state index in [4.69, 9.17) is 9.97 Å². The third-order valence-corrected chi connectivity index (χ3v) is 4.65. The highest BCUT2D eigenvalue weighted by Gasteiger charge is 2.17. The van der Waals surface area contributed by atoms with Gasteiger partial charge in [-0.25, -0.2) is 4.98 Å². The van der Waals surface area contributed by atoms with Gasteiger partial charge in [0.15, 0.2) is 0 Å². The van der Waals surface area contributed by atoms with Gasteiger partial charge in [0.2, 0.25) is 5.95 Å². The van der Waals surface area contributed by atoms with Gasteiger partial charge in [-0.1, -0.05) is 43.7 Å². The van der Waals surface area contributed by atoms with Gasteiger partial charge in [-0.15, -0.1) is 0 Å². The highest BCUT2D eigenvalue weighted by molar-refractivity contribution is 5.65. The molecule has 4 nitrogen and oxygen atoms in total. The van der Waals surface area contributed by atoms with Crippen LogP contribution in [0.5, 0.6) is 0 Å². The minimum absolute atomic E-state index is 0.884. The summed E-state index contributed by atoms with van der Waals surface area (Å²) in [4.78, 5) is 14.3. The normalized spacial score (nSPS) is 14.7. The first kappa shape index (κ1) is 16.7. The molecule has 0 aliphatic carbocycles. The Bertz CT molecular complexity index is 635. The zero-order valence-corrected chi connectivity index (χ0v) is 14.9. The van der Waals surface area contributed by atoms with E-state index in [2.05, 4.69) is 54.1 Å². The first-order valence-corrected chi connectivity index (χ1v) is 9.18. The molecule has 3 rings (SSSR count). The van der Waals surface area contributed by atoms with Crippen molar-refractivity contribution >= 4 is 11.8 Å². The number of rotatable bonds is 6. The van der Waals surface area contributed by atoms with E-state index < -0.39 is 0 Å². The molecule has 1 saturated heterocycles. The van der Waals surface area contributed by atoms with Gasteiger partial charge in [0, 0.05) is 38.3 Å². The fourth-order valence-corrected chi connectivity index (χ4v) is 3.12. The Hall–Kier alpha value is -2.10. The van der Waals surface area contributed by atoms with E-state index in [-0.39, 0.29) is 0 Å². The average molecular weight is 324 g/mol. The number of hydrogen-bond acceptors (Lipinski definition) is 4. The molecule has 24 heavy (non-hydrogen) atoms. The van der Waals surface area contributed by atoms with Crippen molar-refractivity contribution in [3.05, 3.63) is 36.4 Å². The zero-order chi connectivity index (χ0) is 16.8. The summed E-state index contributed by atoms with van der Waals surface area (Å²) in [5, 5.41) is 0. The van der Waals surface area contributed by atoms with E-state index in [1.165, 1.54) is 32.1 Å². The van der Waals surface area contributed by atoms with Crippen LogP contribution in [-0.2, 0) is 0 Å². The van der Waals surface area contributed by atoms with Crippen molar-refractivity contribution in [3.8, 4) is 11.3 Å². The lowest BCUT2D eigenvalue weighted by Gasteiger charge is -2.28. The van der Waals surface area contributed by atoms with E-state index in [1.54, 1.807) is 0 Å². The van der Waals surface area contributed by atoms with Crippen LogP contribution in [-0.4, -0.2) is 36.6 Å². The SMILES string of the molecule is CCCCN(C)c1cc(-c2ccccc2)nc(N2CCCCC2)n1. The van der Waals surface area contributed by atoms with Crippen LogP contribution in [0.25, 0.3) is 11.3 Å². The standard InChI is InChI=1S/C20H28N4/c1-3-4-13-23(2)19-16-18(17-11-7-5-8-12-17)21-20(22-19)24-14-9-6-10-15-24/h5,7-8,11-12,16H,3-4,6,9-10,13-15H2,1-2H3. The summed E-state index contributed by atoms with van der Waals surface area (Å²) >= 11 is 0. The monoisotopic (exact) mass is 324 g/mol. The summed E-state index contributed by atoms with van der Waals surface area (Å²) in [6.07, 6.45) is 6.16. The Balaban J connectivity index is 1.95. The van der Waals surface area contributed by atoms with Gasteiger partial charge in [0.05, 0.1) is 5.69 Å². The fourth-order valence-electron chi connectivity index (χ4n) is 3.12. The zero-order valence-electron chi connectivity index (χ0n) is 14.9. The summed E-state index contributed by atoms with van der Waals surface area (Å²) in [5.41, 5.74) is 2.17. The van der Waals surface area contributed by atoms with Crippen molar-refractivity contribution in [1.29, 1.82) is 0 Å². The van der Waals surface area contributed by atoms with Crippen LogP contribution < -0.4 is 9.80 Å². The number of anilines is 2. The third kappa shape index (κ3) is 4.05. The van der Waals surface area contributed by atoms with Gasteiger partial charge in [-0.2, -0.15) is 4.98 Å². The summed E-state index contributed by atoms with van der Waals surface area (Å²) in [6, 6.07) is 12.6. The van der Waals surface area contributed by atoms with Crippen LogP contribution in [0.2, 0.25) is 0 Å². The van der Waals surface area contributed by atoms with Crippen LogP contribution in [0.15, 0.2) is 36.4 Å². The van der Waals surface area contributed by atoms with E-state index >= 15 is 0 Å². The molecule has 1 aromatic heterocycles. The van der Waals surface area contributed by atoms with Gasteiger partial charge >= 0.3 is 0 Å². The highest BCUT2D eigenvalue weighted by atomic mass is 15.3. The second-order valence-electron chi connectivity index (χ2n) is 6.60. The van der Waals surface area contributed by atoms with E-state index in [9.17, 15) is 0 Å². The molecule has 0 saturated carbocycles. The van der Waals surface area contributed by atoms with Crippen LogP contribution in [0, 0.1) is 0 Å². The lowest BCUT2D eigenvalue weighted by Crippen LogP contribution is -2.31. The third-order valence-electron chi connectivity index (χ3n) is 4.65. The minimum Gasteiger partial charge on any atom is -0.359 e. The molecule has 0 bridgehead atoms. The number of piperidine rings is 1. The number of aromatic nitrogens is 2. The molecule has 0 N–H and O–H groups in total. The quantitative estimate of drug-likeness (QED) is 0.790. The maximum atomic E-state index is 4.88. The number of benzene rings is 1. The summed E-state index contributed by atoms with van der Waals surface area (Å²) in [6.45, 7) is 5.39. The Morgan fingerprint density at radius 2 is 1.79 bits per heavy atom. The summed E-state index contributed by atoms with van der Waals surface area (Å²) < 4.78 is 0. The first-order valence-electron chi connectivity index (χ1n) is 9.18. The van der Waals surface area contributed by atoms with E-state index in [1.807, 2.05) is 6.07 Å². The molecular weight excluding hydrogens is 296 g/mol. The van der Waals surface area contributed by atoms with Gasteiger partial charge in [0.1, 0.15) is 5.82 Å². The molecule has 4 heteroatoms. The smallest absolute Gasteiger partial charge is 0.227 e. The molecular formula is C20H28N4. The average Bonchev–Trinajstić information content (AvgIpc) is 2.67. The molecule has 2 heterocycles. The fraction of sp³-hybridized carbons (Fsp3) is 0.500. The van der Waals surface area contributed by atoms with Gasteiger partial charge < -0.3 is 9.80 Å². The molecule has 0 unspecified atom stereocenters. The van der Waals surface area contributed by atoms with Crippen molar-refractivity contribution in [2.24, 2.45) is 0 Å². The highest BCUT2D eigenvalue weighted by Crippen LogP contribution is 2.26.